The van der Waals surface area contributed by atoms with E-state index in [2.05, 4.69) is 22.1 Å². The first-order valence-electron chi connectivity index (χ1n) is 5.79. The molecule has 0 saturated carbocycles. The molecule has 0 bridgehead atoms. The molecule has 3 nitrogen and oxygen atoms in total. The minimum Gasteiger partial charge on any atom is -0.363 e. The highest BCUT2D eigenvalue weighted by Crippen LogP contribution is 2.33. The first-order chi connectivity index (χ1) is 7.65. The monoisotopic (exact) mass is 237 g/mol. The minimum atomic E-state index is -0.229. The zero-order valence-corrected chi connectivity index (χ0v) is 10.4. The Morgan fingerprint density at radius 2 is 2.38 bits per heavy atom. The molecule has 16 heavy (non-hydrogen) atoms. The third kappa shape index (κ3) is 1.99. The normalized spacial score (nSPS) is 28.2. The van der Waals surface area contributed by atoms with Gasteiger partial charge in [0.25, 0.3) is 0 Å². The van der Waals surface area contributed by atoms with Gasteiger partial charge in [-0.2, -0.15) is 11.3 Å². The van der Waals surface area contributed by atoms with E-state index in [0.717, 1.165) is 25.7 Å². The molecule has 1 saturated heterocycles. The zero-order chi connectivity index (χ0) is 11.6. The molecule has 1 aliphatic rings. The van der Waals surface area contributed by atoms with E-state index in [9.17, 15) is 0 Å². The number of nitrogens with two attached hydrogens (primary N) is 1. The lowest BCUT2D eigenvalue weighted by atomic mass is 9.81. The largest absolute Gasteiger partial charge is 0.363 e. The van der Waals surface area contributed by atoms with Crippen LogP contribution in [0.2, 0.25) is 0 Å². The molecule has 0 spiro atoms. The molecule has 1 aromatic heterocycles. The second-order valence-electron chi connectivity index (χ2n) is 4.58. The minimum absolute atomic E-state index is 0.0144. The maximum Gasteiger partial charge on any atom is 0.0938 e. The summed E-state index contributed by atoms with van der Waals surface area (Å²) in [6.45, 7) is 2.03. The van der Waals surface area contributed by atoms with Crippen molar-refractivity contribution in [2.24, 2.45) is 5.73 Å². The van der Waals surface area contributed by atoms with Crippen LogP contribution in [0.3, 0.4) is 0 Å². The van der Waals surface area contributed by atoms with Gasteiger partial charge >= 0.3 is 0 Å². The molecule has 88 valence electrons. The van der Waals surface area contributed by atoms with Crippen molar-refractivity contribution in [3.05, 3.63) is 22.4 Å². The van der Waals surface area contributed by atoms with E-state index in [-0.39, 0.29) is 11.6 Å². The van der Waals surface area contributed by atoms with Crippen molar-refractivity contribution in [2.75, 3.05) is 0 Å². The van der Waals surface area contributed by atoms with Gasteiger partial charge in [0.2, 0.25) is 0 Å². The van der Waals surface area contributed by atoms with E-state index < -0.39 is 0 Å². The number of nitrogens with one attached hydrogen (secondary N) is 2. The Kier molecular flexibility index (Phi) is 3.30. The highest BCUT2D eigenvalue weighted by atomic mass is 32.1. The summed E-state index contributed by atoms with van der Waals surface area (Å²) in [5, 5.41) is 15.5. The van der Waals surface area contributed by atoms with E-state index >= 15 is 0 Å². The lowest BCUT2D eigenvalue weighted by Crippen LogP contribution is -2.55. The molecule has 2 unspecified atom stereocenters. The average Bonchev–Trinajstić information content (AvgIpc) is 2.69. The van der Waals surface area contributed by atoms with Gasteiger partial charge in [0.15, 0.2) is 0 Å². The highest BCUT2D eigenvalue weighted by Gasteiger charge is 2.37. The molecule has 1 aliphatic heterocycles. The first kappa shape index (κ1) is 11.6. The maximum atomic E-state index is 7.92. The molecule has 1 aromatic rings. The fraction of sp³-hybridized carbons (Fsp3) is 0.583. The molecular weight excluding hydrogens is 218 g/mol. The standard InChI is InChI=1S/C12H19N3S/c1-9(13)12(10-5-7-16-8-10)6-3-2-4-11(14)15-12/h5,7-9H,2-4,6,13H2,1H3,(H2,14,15). The topological polar surface area (TPSA) is 61.9 Å². The number of hydrogen-bond acceptors (Lipinski definition) is 3. The van der Waals surface area contributed by atoms with Crippen molar-refractivity contribution >= 4 is 17.2 Å². The van der Waals surface area contributed by atoms with Gasteiger partial charge in [0.05, 0.1) is 11.4 Å². The van der Waals surface area contributed by atoms with Crippen LogP contribution in [-0.4, -0.2) is 11.9 Å². The average molecular weight is 237 g/mol. The summed E-state index contributed by atoms with van der Waals surface area (Å²) in [5.41, 5.74) is 7.18. The molecule has 0 radical (unpaired) electrons. The molecule has 2 atom stereocenters. The first-order valence-corrected chi connectivity index (χ1v) is 6.73. The summed E-state index contributed by atoms with van der Waals surface area (Å²) < 4.78 is 0. The van der Waals surface area contributed by atoms with Crippen LogP contribution in [0, 0.1) is 5.41 Å². The van der Waals surface area contributed by atoms with Gasteiger partial charge in [-0.15, -0.1) is 0 Å². The lowest BCUT2D eigenvalue weighted by molar-refractivity contribution is 0.305. The zero-order valence-electron chi connectivity index (χ0n) is 9.62. The van der Waals surface area contributed by atoms with Crippen LogP contribution < -0.4 is 11.1 Å². The Hall–Kier alpha value is -0.870. The van der Waals surface area contributed by atoms with Gasteiger partial charge in [0, 0.05) is 12.5 Å². The van der Waals surface area contributed by atoms with Gasteiger partial charge in [-0.1, -0.05) is 6.42 Å². The van der Waals surface area contributed by atoms with Crippen molar-refractivity contribution in [3.63, 3.8) is 0 Å². The maximum absolute atomic E-state index is 7.92. The van der Waals surface area contributed by atoms with Crippen molar-refractivity contribution in [2.45, 2.75) is 44.2 Å². The Balaban J connectivity index is 2.37. The summed E-state index contributed by atoms with van der Waals surface area (Å²) in [7, 11) is 0. The number of rotatable bonds is 2. The highest BCUT2D eigenvalue weighted by molar-refractivity contribution is 7.08. The smallest absolute Gasteiger partial charge is 0.0938 e. The Labute approximate surface area is 101 Å². The summed E-state index contributed by atoms with van der Waals surface area (Å²) in [5.74, 6) is 0.626. The number of thiophene rings is 1. The lowest BCUT2D eigenvalue weighted by Gasteiger charge is -2.37. The van der Waals surface area contributed by atoms with Crippen LogP contribution in [-0.2, 0) is 5.54 Å². The van der Waals surface area contributed by atoms with Crippen LogP contribution in [0.5, 0.6) is 0 Å². The molecular formula is C12H19N3S. The van der Waals surface area contributed by atoms with Crippen molar-refractivity contribution in [1.29, 1.82) is 5.41 Å². The van der Waals surface area contributed by atoms with Gasteiger partial charge < -0.3 is 11.1 Å². The summed E-state index contributed by atoms with van der Waals surface area (Å²) in [4.78, 5) is 0. The Bertz CT molecular complexity index is 358. The third-order valence-electron chi connectivity index (χ3n) is 3.44. The molecule has 0 aromatic carbocycles. The van der Waals surface area contributed by atoms with Crippen LogP contribution in [0.1, 0.15) is 38.2 Å². The number of hydrogen-bond donors (Lipinski definition) is 3. The van der Waals surface area contributed by atoms with Crippen molar-refractivity contribution < 1.29 is 0 Å². The summed E-state index contributed by atoms with van der Waals surface area (Å²) >= 11 is 1.69. The van der Waals surface area contributed by atoms with E-state index in [0.29, 0.717) is 5.84 Å². The van der Waals surface area contributed by atoms with E-state index in [1.807, 2.05) is 6.92 Å². The molecule has 1 fully saturated rings. The molecule has 0 amide bonds. The fourth-order valence-electron chi connectivity index (χ4n) is 2.44. The van der Waals surface area contributed by atoms with Crippen molar-refractivity contribution in [1.82, 2.24) is 5.32 Å². The van der Waals surface area contributed by atoms with Crippen LogP contribution in [0.25, 0.3) is 0 Å². The van der Waals surface area contributed by atoms with Gasteiger partial charge in [-0.3, -0.25) is 5.41 Å². The van der Waals surface area contributed by atoms with Crippen LogP contribution >= 0.6 is 11.3 Å². The fourth-order valence-corrected chi connectivity index (χ4v) is 3.18. The molecule has 4 N–H and O–H groups in total. The van der Waals surface area contributed by atoms with Crippen molar-refractivity contribution in [3.8, 4) is 0 Å². The second kappa shape index (κ2) is 4.55. The quantitative estimate of drug-likeness (QED) is 0.740. The molecule has 2 heterocycles. The predicted octanol–water partition coefficient (Wildman–Crippen LogP) is 2.43. The van der Waals surface area contributed by atoms with Gasteiger partial charge in [0.1, 0.15) is 0 Å². The summed E-state index contributed by atoms with van der Waals surface area (Å²) in [6, 6.07) is 2.14. The van der Waals surface area contributed by atoms with E-state index in [1.54, 1.807) is 11.3 Å². The number of amidine groups is 1. The van der Waals surface area contributed by atoms with E-state index in [1.165, 1.54) is 5.56 Å². The molecule has 0 aliphatic carbocycles. The van der Waals surface area contributed by atoms with E-state index in [4.69, 9.17) is 11.1 Å². The second-order valence-corrected chi connectivity index (χ2v) is 5.36. The Morgan fingerprint density at radius 3 is 3.00 bits per heavy atom. The predicted molar refractivity (Wildman–Crippen MR) is 69.0 cm³/mol. The third-order valence-corrected chi connectivity index (χ3v) is 4.12. The van der Waals surface area contributed by atoms with Crippen LogP contribution in [0.15, 0.2) is 16.8 Å². The van der Waals surface area contributed by atoms with Crippen LogP contribution in [0.4, 0.5) is 0 Å². The van der Waals surface area contributed by atoms with Gasteiger partial charge in [-0.05, 0) is 42.2 Å². The summed E-state index contributed by atoms with van der Waals surface area (Å²) in [6.07, 6.45) is 4.08. The van der Waals surface area contributed by atoms with Gasteiger partial charge in [-0.25, -0.2) is 0 Å². The molecule has 2 rings (SSSR count). The SMILES string of the molecule is CC(N)C1(c2ccsc2)CCCCC(=N)N1. The molecule has 4 heteroatoms. The Morgan fingerprint density at radius 1 is 1.56 bits per heavy atom.